The van der Waals surface area contributed by atoms with Crippen molar-refractivity contribution in [1.29, 1.82) is 0 Å². The van der Waals surface area contributed by atoms with Crippen molar-refractivity contribution in [2.45, 2.75) is 13.0 Å². The van der Waals surface area contributed by atoms with Crippen LogP contribution in [0.15, 0.2) is 48.8 Å². The minimum atomic E-state index is -0.803. The van der Waals surface area contributed by atoms with Crippen LogP contribution in [0.2, 0.25) is 0 Å². The summed E-state index contributed by atoms with van der Waals surface area (Å²) in [5.41, 5.74) is 2.24. The molecule has 0 atom stereocenters. The van der Waals surface area contributed by atoms with Gasteiger partial charge in [-0.25, -0.2) is 0 Å². The Balaban J connectivity index is 1.79. The number of likely N-dealkylation sites (N-methyl/N-ethyl adjacent to an activating group) is 1. The van der Waals surface area contributed by atoms with Gasteiger partial charge >= 0.3 is 5.97 Å². The number of ether oxygens (including phenoxy) is 1. The van der Waals surface area contributed by atoms with Gasteiger partial charge in [0, 0.05) is 18.9 Å². The molecule has 1 heterocycles. The predicted molar refractivity (Wildman–Crippen MR) is 83.8 cm³/mol. The molecule has 0 saturated carbocycles. The molecule has 5 nitrogen and oxygen atoms in total. The zero-order chi connectivity index (χ0) is 15.8. The van der Waals surface area contributed by atoms with Gasteiger partial charge in [0.2, 0.25) is 0 Å². The molecule has 2 rings (SSSR count). The Labute approximate surface area is 130 Å². The van der Waals surface area contributed by atoms with E-state index in [1.54, 1.807) is 24.3 Å². The fourth-order valence-electron chi connectivity index (χ4n) is 2.03. The van der Waals surface area contributed by atoms with E-state index in [2.05, 4.69) is 4.98 Å². The fraction of sp³-hybridized carbons (Fsp3) is 0.294. The van der Waals surface area contributed by atoms with E-state index in [4.69, 9.17) is 9.84 Å². The second-order valence-electron chi connectivity index (χ2n) is 5.17. The van der Waals surface area contributed by atoms with Crippen LogP contribution in [0, 0.1) is 0 Å². The average molecular weight is 300 g/mol. The van der Waals surface area contributed by atoms with Crippen LogP contribution in [0.4, 0.5) is 0 Å². The van der Waals surface area contributed by atoms with Crippen molar-refractivity contribution in [3.63, 3.8) is 0 Å². The smallest absolute Gasteiger partial charge is 0.317 e. The number of aliphatic carboxylic acids is 1. The molecule has 0 unspecified atom stereocenters. The Morgan fingerprint density at radius 2 is 1.82 bits per heavy atom. The van der Waals surface area contributed by atoms with E-state index in [0.717, 1.165) is 23.3 Å². The Morgan fingerprint density at radius 1 is 1.14 bits per heavy atom. The van der Waals surface area contributed by atoms with Gasteiger partial charge in [-0.2, -0.15) is 0 Å². The summed E-state index contributed by atoms with van der Waals surface area (Å²) in [5, 5.41) is 8.71. The van der Waals surface area contributed by atoms with Crippen molar-refractivity contribution in [2.24, 2.45) is 0 Å². The second kappa shape index (κ2) is 8.14. The summed E-state index contributed by atoms with van der Waals surface area (Å²) >= 11 is 0. The number of rotatable bonds is 8. The van der Waals surface area contributed by atoms with Crippen LogP contribution in [0.25, 0.3) is 0 Å². The highest BCUT2D eigenvalue weighted by molar-refractivity contribution is 5.69. The summed E-state index contributed by atoms with van der Waals surface area (Å²) in [6.45, 7) is 1.29. The number of carboxylic acid groups (broad SMARTS) is 1. The van der Waals surface area contributed by atoms with Crippen molar-refractivity contribution in [3.8, 4) is 5.75 Å². The van der Waals surface area contributed by atoms with Gasteiger partial charge in [-0.05, 0) is 48.9 Å². The van der Waals surface area contributed by atoms with E-state index in [1.807, 2.05) is 36.4 Å². The van der Waals surface area contributed by atoms with Crippen LogP contribution in [-0.4, -0.2) is 41.1 Å². The van der Waals surface area contributed by atoms with Gasteiger partial charge in [0.15, 0.2) is 0 Å². The van der Waals surface area contributed by atoms with Crippen LogP contribution >= 0.6 is 0 Å². The first-order valence-electron chi connectivity index (χ1n) is 7.14. The lowest BCUT2D eigenvalue weighted by atomic mass is 10.1. The van der Waals surface area contributed by atoms with Crippen molar-refractivity contribution in [3.05, 3.63) is 59.9 Å². The van der Waals surface area contributed by atoms with Crippen LogP contribution in [-0.2, 0) is 17.8 Å². The minimum Gasteiger partial charge on any atom is -0.489 e. The molecule has 1 aromatic heterocycles. The number of aromatic nitrogens is 1. The van der Waals surface area contributed by atoms with Gasteiger partial charge in [-0.1, -0.05) is 12.1 Å². The molecule has 5 heteroatoms. The van der Waals surface area contributed by atoms with Crippen molar-refractivity contribution in [1.82, 2.24) is 9.88 Å². The highest BCUT2D eigenvalue weighted by Gasteiger charge is 2.04. The first-order valence-corrected chi connectivity index (χ1v) is 7.14. The monoisotopic (exact) mass is 300 g/mol. The lowest BCUT2D eigenvalue weighted by molar-refractivity contribution is -0.137. The second-order valence-corrected chi connectivity index (χ2v) is 5.17. The molecule has 116 valence electrons. The molecule has 0 spiro atoms. The third-order valence-electron chi connectivity index (χ3n) is 3.27. The zero-order valence-corrected chi connectivity index (χ0v) is 12.6. The molecule has 0 saturated heterocycles. The minimum absolute atomic E-state index is 0.0626. The van der Waals surface area contributed by atoms with Crippen molar-refractivity contribution in [2.75, 3.05) is 20.1 Å². The lowest BCUT2D eigenvalue weighted by Gasteiger charge is -2.13. The molecule has 0 aliphatic heterocycles. The van der Waals surface area contributed by atoms with Crippen LogP contribution in [0.5, 0.6) is 5.75 Å². The number of hydrogen-bond acceptors (Lipinski definition) is 4. The molecule has 0 aliphatic carbocycles. The number of carbonyl (C=O) groups is 1. The maximum Gasteiger partial charge on any atom is 0.317 e. The number of benzene rings is 1. The summed E-state index contributed by atoms with van der Waals surface area (Å²) < 4.78 is 5.71. The highest BCUT2D eigenvalue weighted by Crippen LogP contribution is 2.14. The molecule has 0 aliphatic rings. The van der Waals surface area contributed by atoms with E-state index in [0.29, 0.717) is 13.2 Å². The summed E-state index contributed by atoms with van der Waals surface area (Å²) in [6, 6.07) is 11.7. The summed E-state index contributed by atoms with van der Waals surface area (Å²) in [5.74, 6) is 0.0156. The molecular weight excluding hydrogens is 280 g/mol. The van der Waals surface area contributed by atoms with Crippen molar-refractivity contribution >= 4 is 5.97 Å². The van der Waals surface area contributed by atoms with E-state index in [1.165, 1.54) is 0 Å². The average Bonchev–Trinajstić information content (AvgIpc) is 2.52. The standard InChI is InChI=1S/C17H20N2O3/c1-19(12-17(20)21)11-8-14-2-4-16(5-3-14)22-13-15-6-9-18-10-7-15/h2-7,9-10H,8,11-13H2,1H3,(H,20,21). The molecule has 1 aromatic carbocycles. The third kappa shape index (κ3) is 5.54. The van der Waals surface area contributed by atoms with E-state index in [9.17, 15) is 4.79 Å². The Hall–Kier alpha value is -2.40. The number of carboxylic acids is 1. The maximum absolute atomic E-state index is 10.6. The van der Waals surface area contributed by atoms with Crippen molar-refractivity contribution < 1.29 is 14.6 Å². The highest BCUT2D eigenvalue weighted by atomic mass is 16.5. The Bertz CT molecular complexity index is 585. The zero-order valence-electron chi connectivity index (χ0n) is 12.6. The van der Waals surface area contributed by atoms with Crippen LogP contribution < -0.4 is 4.74 Å². The number of hydrogen-bond donors (Lipinski definition) is 1. The Kier molecular flexibility index (Phi) is 5.91. The first kappa shape index (κ1) is 16.0. The Morgan fingerprint density at radius 3 is 2.45 bits per heavy atom. The number of pyridine rings is 1. The third-order valence-corrected chi connectivity index (χ3v) is 3.27. The summed E-state index contributed by atoms with van der Waals surface area (Å²) in [4.78, 5) is 16.3. The topological polar surface area (TPSA) is 62.7 Å². The molecule has 0 fully saturated rings. The van der Waals surface area contributed by atoms with Gasteiger partial charge in [0.05, 0.1) is 6.54 Å². The van der Waals surface area contributed by atoms with E-state index < -0.39 is 5.97 Å². The number of nitrogens with zero attached hydrogens (tertiary/aromatic N) is 2. The molecule has 1 N–H and O–H groups in total. The lowest BCUT2D eigenvalue weighted by Crippen LogP contribution is -2.27. The molecule has 2 aromatic rings. The largest absolute Gasteiger partial charge is 0.489 e. The van der Waals surface area contributed by atoms with Gasteiger partial charge < -0.3 is 9.84 Å². The molecular formula is C17H20N2O3. The molecule has 22 heavy (non-hydrogen) atoms. The van der Waals surface area contributed by atoms with Gasteiger partial charge in [0.1, 0.15) is 12.4 Å². The molecule has 0 radical (unpaired) electrons. The van der Waals surface area contributed by atoms with Gasteiger partial charge in [0.25, 0.3) is 0 Å². The fourth-order valence-corrected chi connectivity index (χ4v) is 2.03. The predicted octanol–water partition coefficient (Wildman–Crippen LogP) is 2.22. The van der Waals surface area contributed by atoms with Crippen LogP contribution in [0.3, 0.4) is 0 Å². The van der Waals surface area contributed by atoms with Crippen LogP contribution in [0.1, 0.15) is 11.1 Å². The van der Waals surface area contributed by atoms with Gasteiger partial charge in [-0.15, -0.1) is 0 Å². The maximum atomic E-state index is 10.6. The SMILES string of the molecule is CN(CCc1ccc(OCc2ccncc2)cc1)CC(=O)O. The molecule has 0 amide bonds. The summed E-state index contributed by atoms with van der Waals surface area (Å²) in [7, 11) is 1.81. The normalized spacial score (nSPS) is 10.6. The molecule has 0 bridgehead atoms. The van der Waals surface area contributed by atoms with Gasteiger partial charge in [-0.3, -0.25) is 14.7 Å². The van der Waals surface area contributed by atoms with E-state index >= 15 is 0 Å². The first-order chi connectivity index (χ1) is 10.6. The summed E-state index contributed by atoms with van der Waals surface area (Å²) in [6.07, 6.45) is 4.30. The van der Waals surface area contributed by atoms with E-state index in [-0.39, 0.29) is 6.54 Å². The quantitative estimate of drug-likeness (QED) is 0.810.